The normalized spacial score (nSPS) is 15.5. The predicted molar refractivity (Wildman–Crippen MR) is 101 cm³/mol. The lowest BCUT2D eigenvalue weighted by molar-refractivity contribution is -0.143. The molecule has 15 heteroatoms. The first-order valence-electron chi connectivity index (χ1n) is 8.98. The zero-order valence-corrected chi connectivity index (χ0v) is 16.6. The van der Waals surface area contributed by atoms with E-state index in [1.165, 1.54) is 0 Å². The van der Waals surface area contributed by atoms with Crippen LogP contribution in [0.4, 0.5) is 0 Å². The molecule has 0 aliphatic rings. The van der Waals surface area contributed by atoms with Crippen molar-refractivity contribution >= 4 is 35.6 Å². The summed E-state index contributed by atoms with van der Waals surface area (Å²) in [6.45, 7) is 0.154. The van der Waals surface area contributed by atoms with Crippen molar-refractivity contribution in [2.45, 2.75) is 56.5 Å². The molecule has 0 saturated heterocycles. The molecule has 176 valence electrons. The van der Waals surface area contributed by atoms with E-state index in [2.05, 4.69) is 0 Å². The number of aliphatic hydroxyl groups excluding tert-OH is 2. The van der Waals surface area contributed by atoms with Gasteiger partial charge in [0.2, 0.25) is 23.6 Å². The second-order valence-electron chi connectivity index (χ2n) is 6.58. The highest BCUT2D eigenvalue weighted by Crippen LogP contribution is 2.02. The van der Waals surface area contributed by atoms with Crippen LogP contribution in [-0.2, 0) is 28.8 Å². The van der Waals surface area contributed by atoms with Gasteiger partial charge in [-0.3, -0.25) is 24.0 Å². The number of rotatable bonds is 14. The lowest BCUT2D eigenvalue weighted by Gasteiger charge is -2.25. The molecule has 0 radical (unpaired) electrons. The van der Waals surface area contributed by atoms with Crippen LogP contribution in [0.1, 0.15) is 26.2 Å². The topological polar surface area (TPSA) is 271 Å². The molecule has 0 saturated carbocycles. The zero-order valence-electron chi connectivity index (χ0n) is 16.6. The third kappa shape index (κ3) is 10.3. The van der Waals surface area contributed by atoms with Crippen molar-refractivity contribution in [3.05, 3.63) is 0 Å². The molecular formula is C16H27N5O10. The number of primary amides is 1. The molecule has 5 atom stereocenters. The summed E-state index contributed by atoms with van der Waals surface area (Å²) in [5, 5.41) is 42.9. The van der Waals surface area contributed by atoms with Crippen molar-refractivity contribution in [1.82, 2.24) is 16.0 Å². The summed E-state index contributed by atoms with van der Waals surface area (Å²) in [5.41, 5.74) is 10.3. The first kappa shape index (κ1) is 27.7. The van der Waals surface area contributed by atoms with Crippen molar-refractivity contribution in [2.24, 2.45) is 11.5 Å². The van der Waals surface area contributed by atoms with Crippen molar-refractivity contribution < 1.29 is 49.2 Å². The maximum atomic E-state index is 12.3. The van der Waals surface area contributed by atoms with Crippen LogP contribution in [0, 0.1) is 0 Å². The van der Waals surface area contributed by atoms with Gasteiger partial charge in [0, 0.05) is 6.42 Å². The first-order valence-corrected chi connectivity index (χ1v) is 8.98. The third-order valence-electron chi connectivity index (χ3n) is 3.90. The number of hydrogen-bond donors (Lipinski definition) is 9. The summed E-state index contributed by atoms with van der Waals surface area (Å²) in [5.74, 6) is -6.98. The van der Waals surface area contributed by atoms with Gasteiger partial charge in [-0.05, 0) is 13.3 Å². The molecule has 5 unspecified atom stereocenters. The molecule has 11 N–H and O–H groups in total. The van der Waals surface area contributed by atoms with Gasteiger partial charge in [-0.15, -0.1) is 0 Å². The number of aliphatic carboxylic acids is 2. The van der Waals surface area contributed by atoms with Gasteiger partial charge >= 0.3 is 11.9 Å². The summed E-state index contributed by atoms with van der Waals surface area (Å²) < 4.78 is 0. The highest BCUT2D eigenvalue weighted by molar-refractivity contribution is 5.95. The Hall–Kier alpha value is -3.30. The minimum absolute atomic E-state index is 0.340. The second kappa shape index (κ2) is 13.1. The summed E-state index contributed by atoms with van der Waals surface area (Å²) in [7, 11) is 0. The number of amides is 4. The maximum Gasteiger partial charge on any atom is 0.326 e. The predicted octanol–water partition coefficient (Wildman–Crippen LogP) is -5.03. The Morgan fingerprint density at radius 3 is 1.87 bits per heavy atom. The molecule has 0 aliphatic carbocycles. The summed E-state index contributed by atoms with van der Waals surface area (Å²) in [4.78, 5) is 69.1. The van der Waals surface area contributed by atoms with Gasteiger partial charge in [-0.1, -0.05) is 0 Å². The molecule has 4 amide bonds. The number of hydrogen-bond acceptors (Lipinski definition) is 9. The quantitative estimate of drug-likeness (QED) is 0.121. The number of carboxylic acid groups (broad SMARTS) is 2. The number of nitrogens with two attached hydrogens (primary N) is 2. The highest BCUT2D eigenvalue weighted by Gasteiger charge is 2.32. The molecule has 0 rings (SSSR count). The van der Waals surface area contributed by atoms with Gasteiger partial charge in [0.1, 0.15) is 18.1 Å². The summed E-state index contributed by atoms with van der Waals surface area (Å²) >= 11 is 0. The lowest BCUT2D eigenvalue weighted by atomic mass is 10.1. The fourth-order valence-corrected chi connectivity index (χ4v) is 2.22. The van der Waals surface area contributed by atoms with Crippen LogP contribution in [0.15, 0.2) is 0 Å². The molecule has 0 aliphatic heterocycles. The summed E-state index contributed by atoms with van der Waals surface area (Å²) in [6.07, 6.45) is -2.96. The van der Waals surface area contributed by atoms with Gasteiger partial charge in [0.15, 0.2) is 0 Å². The van der Waals surface area contributed by atoms with Crippen LogP contribution in [0.5, 0.6) is 0 Å². The average Bonchev–Trinajstić information content (AvgIpc) is 2.65. The maximum absolute atomic E-state index is 12.3. The number of carbonyl (C=O) groups is 6. The Labute approximate surface area is 176 Å². The molecule has 15 nitrogen and oxygen atoms in total. The number of carbonyl (C=O) groups excluding carboxylic acids is 4. The van der Waals surface area contributed by atoms with Crippen molar-refractivity contribution in [1.29, 1.82) is 0 Å². The van der Waals surface area contributed by atoms with E-state index in [1.807, 2.05) is 16.0 Å². The standard InChI is InChI=1S/C16H27N5O10/c1-6(23)12(15(29)19-8(16(30)31)2-3-10(18)24)21-14(28)9(5-22)20-13(27)7(17)4-11(25)26/h6-9,12,22-23H,2-5,17H2,1H3,(H2,18,24)(H,19,29)(H,20,27)(H,21,28)(H,25,26)(H,30,31). The van der Waals surface area contributed by atoms with E-state index < -0.39 is 78.9 Å². The monoisotopic (exact) mass is 449 g/mol. The molecule has 31 heavy (non-hydrogen) atoms. The molecule has 0 aromatic heterocycles. The van der Waals surface area contributed by atoms with Crippen LogP contribution < -0.4 is 27.4 Å². The van der Waals surface area contributed by atoms with Gasteiger partial charge < -0.3 is 47.8 Å². The average molecular weight is 449 g/mol. The van der Waals surface area contributed by atoms with E-state index in [9.17, 15) is 39.0 Å². The fourth-order valence-electron chi connectivity index (χ4n) is 2.22. The first-order chi connectivity index (χ1) is 14.3. The Balaban J connectivity index is 5.19. The Morgan fingerprint density at radius 1 is 0.903 bits per heavy atom. The Morgan fingerprint density at radius 2 is 1.45 bits per heavy atom. The van der Waals surface area contributed by atoms with Crippen LogP contribution >= 0.6 is 0 Å². The smallest absolute Gasteiger partial charge is 0.326 e. The minimum Gasteiger partial charge on any atom is -0.481 e. The van der Waals surface area contributed by atoms with E-state index in [0.717, 1.165) is 6.92 Å². The zero-order chi connectivity index (χ0) is 24.3. The van der Waals surface area contributed by atoms with Crippen molar-refractivity contribution in [2.75, 3.05) is 6.61 Å². The molecule has 0 spiro atoms. The number of carboxylic acids is 2. The van der Waals surface area contributed by atoms with Gasteiger partial charge in [0.25, 0.3) is 0 Å². The largest absolute Gasteiger partial charge is 0.481 e. The van der Waals surface area contributed by atoms with Gasteiger partial charge in [-0.25, -0.2) is 4.79 Å². The van der Waals surface area contributed by atoms with E-state index in [4.69, 9.17) is 21.7 Å². The Bertz CT molecular complexity index is 698. The van der Waals surface area contributed by atoms with Crippen LogP contribution in [-0.4, -0.2) is 92.9 Å². The molecule has 0 aromatic carbocycles. The minimum atomic E-state index is -1.69. The highest BCUT2D eigenvalue weighted by atomic mass is 16.4. The molecule has 0 aromatic rings. The summed E-state index contributed by atoms with van der Waals surface area (Å²) in [6, 6.07) is -6.40. The Kier molecular flexibility index (Phi) is 11.7. The van der Waals surface area contributed by atoms with Crippen molar-refractivity contribution in [3.63, 3.8) is 0 Å². The number of nitrogens with one attached hydrogen (secondary N) is 3. The van der Waals surface area contributed by atoms with Crippen LogP contribution in [0.25, 0.3) is 0 Å². The second-order valence-corrected chi connectivity index (χ2v) is 6.58. The third-order valence-corrected chi connectivity index (χ3v) is 3.90. The van der Waals surface area contributed by atoms with E-state index in [1.54, 1.807) is 0 Å². The van der Waals surface area contributed by atoms with Crippen LogP contribution in [0.3, 0.4) is 0 Å². The molecular weight excluding hydrogens is 422 g/mol. The fraction of sp³-hybridized carbons (Fsp3) is 0.625. The van der Waals surface area contributed by atoms with E-state index in [0.29, 0.717) is 0 Å². The van der Waals surface area contributed by atoms with E-state index in [-0.39, 0.29) is 12.8 Å². The lowest BCUT2D eigenvalue weighted by Crippen LogP contribution is -2.60. The molecule has 0 fully saturated rings. The van der Waals surface area contributed by atoms with Gasteiger partial charge in [-0.2, -0.15) is 0 Å². The SMILES string of the molecule is CC(O)C(NC(=O)C(CO)NC(=O)C(N)CC(=O)O)C(=O)NC(CCC(N)=O)C(=O)O. The van der Waals surface area contributed by atoms with Crippen molar-refractivity contribution in [3.8, 4) is 0 Å². The molecule has 0 heterocycles. The van der Waals surface area contributed by atoms with Crippen LogP contribution in [0.2, 0.25) is 0 Å². The van der Waals surface area contributed by atoms with Gasteiger partial charge in [0.05, 0.1) is 25.2 Å². The van der Waals surface area contributed by atoms with E-state index >= 15 is 0 Å². The number of aliphatic hydroxyl groups is 2. The molecule has 0 bridgehead atoms.